The zero-order chi connectivity index (χ0) is 13.6. The van der Waals surface area contributed by atoms with Crippen LogP contribution in [0.15, 0.2) is 18.2 Å². The highest BCUT2D eigenvalue weighted by molar-refractivity contribution is 5.92. The van der Waals surface area contributed by atoms with Crippen LogP contribution in [-0.2, 0) is 12.0 Å². The number of carbonyl (C=O) groups is 1. The van der Waals surface area contributed by atoms with Crippen LogP contribution in [0.4, 0.5) is 0 Å². The van der Waals surface area contributed by atoms with Crippen molar-refractivity contribution in [2.75, 3.05) is 6.61 Å². The van der Waals surface area contributed by atoms with E-state index in [2.05, 4.69) is 4.98 Å². The Balaban J connectivity index is 2.27. The Kier molecular flexibility index (Phi) is 2.60. The maximum atomic E-state index is 11.1. The van der Waals surface area contributed by atoms with Crippen LogP contribution in [0, 0.1) is 0 Å². The maximum absolute atomic E-state index is 11.1. The molecule has 2 N–H and O–H groups in total. The molecule has 1 fully saturated rings. The number of imidazole rings is 1. The standard InChI is InChI=1S/C14H16N2O3/c1-2-12-15-10-4-3-9(13(18)19)7-11(10)16(12)14(8-17)5-6-14/h3-4,7,17H,2,5-6,8H2,1H3,(H,18,19). The van der Waals surface area contributed by atoms with E-state index < -0.39 is 5.97 Å². The zero-order valence-electron chi connectivity index (χ0n) is 10.8. The molecule has 5 heteroatoms. The van der Waals surface area contributed by atoms with E-state index in [1.807, 2.05) is 11.5 Å². The molecule has 3 rings (SSSR count). The molecule has 1 aliphatic rings. The van der Waals surface area contributed by atoms with Crippen molar-refractivity contribution >= 4 is 17.0 Å². The van der Waals surface area contributed by atoms with Gasteiger partial charge in [0.25, 0.3) is 0 Å². The molecule has 1 aromatic heterocycles. The van der Waals surface area contributed by atoms with Crippen LogP contribution in [0.25, 0.3) is 11.0 Å². The first-order chi connectivity index (χ1) is 9.11. The van der Waals surface area contributed by atoms with E-state index in [9.17, 15) is 9.90 Å². The molecule has 100 valence electrons. The molecule has 0 amide bonds. The van der Waals surface area contributed by atoms with Crippen molar-refractivity contribution in [2.24, 2.45) is 0 Å². The highest BCUT2D eigenvalue weighted by atomic mass is 16.4. The lowest BCUT2D eigenvalue weighted by molar-refractivity contribution is 0.0697. The van der Waals surface area contributed by atoms with Gasteiger partial charge in [-0.15, -0.1) is 0 Å². The van der Waals surface area contributed by atoms with Crippen molar-refractivity contribution in [3.05, 3.63) is 29.6 Å². The largest absolute Gasteiger partial charge is 0.478 e. The second-order valence-electron chi connectivity index (χ2n) is 5.11. The number of rotatable bonds is 4. The predicted octanol–water partition coefficient (Wildman–Crippen LogP) is 1.78. The Bertz CT molecular complexity index is 656. The number of aliphatic hydroxyl groups is 1. The first kappa shape index (κ1) is 12.2. The molecule has 1 aromatic carbocycles. The predicted molar refractivity (Wildman–Crippen MR) is 70.4 cm³/mol. The number of aliphatic hydroxyl groups excluding tert-OH is 1. The number of fused-ring (bicyclic) bond motifs is 1. The van der Waals surface area contributed by atoms with E-state index in [-0.39, 0.29) is 17.7 Å². The fourth-order valence-corrected chi connectivity index (χ4v) is 2.62. The number of aromatic nitrogens is 2. The van der Waals surface area contributed by atoms with Crippen molar-refractivity contribution in [3.63, 3.8) is 0 Å². The Morgan fingerprint density at radius 3 is 2.74 bits per heavy atom. The van der Waals surface area contributed by atoms with E-state index in [4.69, 9.17) is 5.11 Å². The highest BCUT2D eigenvalue weighted by Gasteiger charge is 2.46. The molecule has 1 saturated carbocycles. The van der Waals surface area contributed by atoms with Crippen LogP contribution in [0.3, 0.4) is 0 Å². The SMILES string of the molecule is CCc1nc2ccc(C(=O)O)cc2n1C1(CO)CC1. The van der Waals surface area contributed by atoms with Gasteiger partial charge in [-0.1, -0.05) is 6.92 Å². The molecule has 19 heavy (non-hydrogen) atoms. The van der Waals surface area contributed by atoms with Crippen LogP contribution < -0.4 is 0 Å². The summed E-state index contributed by atoms with van der Waals surface area (Å²) in [6.45, 7) is 2.09. The van der Waals surface area contributed by atoms with Crippen LogP contribution >= 0.6 is 0 Å². The second kappa shape index (κ2) is 4.06. The third-order valence-electron chi connectivity index (χ3n) is 3.88. The van der Waals surface area contributed by atoms with E-state index in [0.717, 1.165) is 36.1 Å². The molecular formula is C14H16N2O3. The lowest BCUT2D eigenvalue weighted by Crippen LogP contribution is -2.23. The fourth-order valence-electron chi connectivity index (χ4n) is 2.62. The van der Waals surface area contributed by atoms with Crippen LogP contribution in [0.1, 0.15) is 35.9 Å². The molecule has 0 spiro atoms. The number of nitrogens with zero attached hydrogens (tertiary/aromatic N) is 2. The Hall–Kier alpha value is -1.88. The first-order valence-electron chi connectivity index (χ1n) is 6.47. The van der Waals surface area contributed by atoms with Gasteiger partial charge in [0.1, 0.15) is 5.82 Å². The minimum absolute atomic E-state index is 0.0722. The number of benzene rings is 1. The summed E-state index contributed by atoms with van der Waals surface area (Å²) in [6, 6.07) is 4.96. The minimum Gasteiger partial charge on any atom is -0.478 e. The van der Waals surface area contributed by atoms with Gasteiger partial charge in [-0.25, -0.2) is 9.78 Å². The average molecular weight is 260 g/mol. The fraction of sp³-hybridized carbons (Fsp3) is 0.429. The first-order valence-corrected chi connectivity index (χ1v) is 6.47. The zero-order valence-corrected chi connectivity index (χ0v) is 10.8. The van der Waals surface area contributed by atoms with Gasteiger partial charge in [0, 0.05) is 6.42 Å². The summed E-state index contributed by atoms with van der Waals surface area (Å²) < 4.78 is 2.04. The Labute approximate surface area is 110 Å². The third kappa shape index (κ3) is 1.73. The van der Waals surface area contributed by atoms with Gasteiger partial charge in [0.15, 0.2) is 0 Å². The number of aryl methyl sites for hydroxylation is 1. The molecule has 0 saturated heterocycles. The van der Waals surface area contributed by atoms with Gasteiger partial charge in [-0.3, -0.25) is 0 Å². The molecular weight excluding hydrogens is 244 g/mol. The van der Waals surface area contributed by atoms with Crippen molar-refractivity contribution in [2.45, 2.75) is 31.7 Å². The number of aromatic carboxylic acids is 1. The van der Waals surface area contributed by atoms with Crippen molar-refractivity contribution in [3.8, 4) is 0 Å². The molecule has 0 atom stereocenters. The molecule has 1 aliphatic carbocycles. The van der Waals surface area contributed by atoms with E-state index in [0.29, 0.717) is 0 Å². The van der Waals surface area contributed by atoms with Gasteiger partial charge in [-0.2, -0.15) is 0 Å². The number of carboxylic acids is 1. The summed E-state index contributed by atoms with van der Waals surface area (Å²) in [6.07, 6.45) is 2.59. The van der Waals surface area contributed by atoms with Gasteiger partial charge in [0.2, 0.25) is 0 Å². The molecule has 0 unspecified atom stereocenters. The highest BCUT2D eigenvalue weighted by Crippen LogP contribution is 2.45. The average Bonchev–Trinajstić information content (AvgIpc) is 3.11. The van der Waals surface area contributed by atoms with Crippen LogP contribution in [0.2, 0.25) is 0 Å². The molecule has 0 aliphatic heterocycles. The quantitative estimate of drug-likeness (QED) is 0.878. The van der Waals surface area contributed by atoms with E-state index in [1.165, 1.54) is 0 Å². The molecule has 2 aromatic rings. The van der Waals surface area contributed by atoms with Crippen molar-refractivity contribution in [1.82, 2.24) is 9.55 Å². The van der Waals surface area contributed by atoms with Crippen LogP contribution in [-0.4, -0.2) is 32.3 Å². The third-order valence-corrected chi connectivity index (χ3v) is 3.88. The van der Waals surface area contributed by atoms with Gasteiger partial charge in [0.05, 0.1) is 28.7 Å². The van der Waals surface area contributed by atoms with Crippen molar-refractivity contribution in [1.29, 1.82) is 0 Å². The monoisotopic (exact) mass is 260 g/mol. The lowest BCUT2D eigenvalue weighted by atomic mass is 10.2. The minimum atomic E-state index is -0.943. The number of carboxylic acid groups (broad SMARTS) is 1. The summed E-state index contributed by atoms with van der Waals surface area (Å²) in [5, 5.41) is 18.7. The molecule has 0 bridgehead atoms. The van der Waals surface area contributed by atoms with E-state index >= 15 is 0 Å². The smallest absolute Gasteiger partial charge is 0.335 e. The number of hydrogen-bond donors (Lipinski definition) is 2. The topological polar surface area (TPSA) is 75.3 Å². The second-order valence-corrected chi connectivity index (χ2v) is 5.11. The molecule has 0 radical (unpaired) electrons. The molecule has 1 heterocycles. The Morgan fingerprint density at radius 2 is 2.21 bits per heavy atom. The van der Waals surface area contributed by atoms with Crippen molar-refractivity contribution < 1.29 is 15.0 Å². The van der Waals surface area contributed by atoms with Gasteiger partial charge < -0.3 is 14.8 Å². The van der Waals surface area contributed by atoms with Crippen LogP contribution in [0.5, 0.6) is 0 Å². The summed E-state index contributed by atoms with van der Waals surface area (Å²) in [5.41, 5.74) is 1.59. The Morgan fingerprint density at radius 1 is 1.47 bits per heavy atom. The van der Waals surface area contributed by atoms with E-state index in [1.54, 1.807) is 18.2 Å². The normalized spacial score (nSPS) is 16.7. The van der Waals surface area contributed by atoms with Gasteiger partial charge in [-0.05, 0) is 31.0 Å². The summed E-state index contributed by atoms with van der Waals surface area (Å²) in [5.74, 6) is -0.0365. The summed E-state index contributed by atoms with van der Waals surface area (Å²) in [4.78, 5) is 15.6. The maximum Gasteiger partial charge on any atom is 0.335 e. The molecule has 5 nitrogen and oxygen atoms in total. The number of hydrogen-bond acceptors (Lipinski definition) is 3. The summed E-state index contributed by atoms with van der Waals surface area (Å²) >= 11 is 0. The van der Waals surface area contributed by atoms with Gasteiger partial charge >= 0.3 is 5.97 Å². The summed E-state index contributed by atoms with van der Waals surface area (Å²) in [7, 11) is 0. The lowest BCUT2D eigenvalue weighted by Gasteiger charge is -2.18.